The summed E-state index contributed by atoms with van der Waals surface area (Å²) >= 11 is 1.13. The van der Waals surface area contributed by atoms with Crippen LogP contribution in [0, 0.1) is 17.0 Å². The molecule has 1 aromatic heterocycles. The van der Waals surface area contributed by atoms with Crippen LogP contribution in [-0.2, 0) is 5.54 Å². The molecular formula is C23H25N3O6S. The van der Waals surface area contributed by atoms with Gasteiger partial charge < -0.3 is 14.2 Å². The minimum Gasteiger partial charge on any atom is -0.497 e. The average molecular weight is 472 g/mol. The first kappa shape index (κ1) is 24.1. The second-order valence-corrected chi connectivity index (χ2v) is 9.17. The monoisotopic (exact) mass is 471 g/mol. The maximum Gasteiger partial charge on any atom is 0.345 e. The molecule has 0 spiro atoms. The lowest BCUT2D eigenvalue weighted by Gasteiger charge is -2.22. The number of esters is 1. The number of nitro groups is 1. The van der Waals surface area contributed by atoms with Crippen molar-refractivity contribution in [3.63, 3.8) is 0 Å². The Morgan fingerprint density at radius 3 is 2.24 bits per heavy atom. The lowest BCUT2D eigenvalue weighted by Crippen LogP contribution is -2.25. The minimum absolute atomic E-state index is 0.0415. The highest BCUT2D eigenvalue weighted by molar-refractivity contribution is 7.99. The Bertz CT molecular complexity index is 1180. The minimum atomic E-state index is -0.637. The number of nitro benzene ring substituents is 1. The molecule has 2 aromatic carbocycles. The van der Waals surface area contributed by atoms with Crippen molar-refractivity contribution in [2.45, 2.75) is 43.0 Å². The van der Waals surface area contributed by atoms with Crippen molar-refractivity contribution in [3.05, 3.63) is 63.8 Å². The standard InChI is InChI=1S/C23H25N3O6S/c1-14-20(33-19-10-8-7-9-18(19)26(28)29)21(25(24-14)23(2,3)4)32-22(27)15-11-16(30-5)13-17(12-15)31-6/h7-13H,1-6H3. The average Bonchev–Trinajstić information content (AvgIpc) is 3.09. The molecule has 0 radical (unpaired) electrons. The van der Waals surface area contributed by atoms with E-state index in [2.05, 4.69) is 5.10 Å². The first-order valence-electron chi connectivity index (χ1n) is 10.0. The summed E-state index contributed by atoms with van der Waals surface area (Å²) in [6, 6.07) is 11.1. The zero-order valence-electron chi connectivity index (χ0n) is 19.2. The van der Waals surface area contributed by atoms with Crippen LogP contribution < -0.4 is 14.2 Å². The lowest BCUT2D eigenvalue weighted by atomic mass is 10.1. The highest BCUT2D eigenvalue weighted by Gasteiger charge is 2.29. The van der Waals surface area contributed by atoms with Crippen LogP contribution in [-0.4, -0.2) is 34.9 Å². The Morgan fingerprint density at radius 1 is 1.09 bits per heavy atom. The number of ether oxygens (including phenoxy) is 3. The number of carbonyl (C=O) groups excluding carboxylic acids is 1. The van der Waals surface area contributed by atoms with Crippen molar-refractivity contribution in [3.8, 4) is 17.4 Å². The van der Waals surface area contributed by atoms with Gasteiger partial charge in [0.05, 0.1) is 45.7 Å². The molecular weight excluding hydrogens is 446 g/mol. The molecule has 0 unspecified atom stereocenters. The maximum atomic E-state index is 13.1. The van der Waals surface area contributed by atoms with Crippen molar-refractivity contribution >= 4 is 23.4 Å². The third kappa shape index (κ3) is 5.28. The fraction of sp³-hybridized carbons (Fsp3) is 0.304. The topological polar surface area (TPSA) is 106 Å². The van der Waals surface area contributed by atoms with Gasteiger partial charge in [0, 0.05) is 12.1 Å². The van der Waals surface area contributed by atoms with Crippen LogP contribution in [0.1, 0.15) is 36.8 Å². The van der Waals surface area contributed by atoms with Crippen molar-refractivity contribution < 1.29 is 23.9 Å². The van der Waals surface area contributed by atoms with Gasteiger partial charge >= 0.3 is 5.97 Å². The van der Waals surface area contributed by atoms with E-state index in [1.54, 1.807) is 48.0 Å². The molecule has 1 heterocycles. The van der Waals surface area contributed by atoms with Crippen molar-refractivity contribution in [2.75, 3.05) is 14.2 Å². The number of nitrogens with zero attached hydrogens (tertiary/aromatic N) is 3. The van der Waals surface area contributed by atoms with E-state index >= 15 is 0 Å². The van der Waals surface area contributed by atoms with E-state index in [1.807, 2.05) is 20.8 Å². The zero-order valence-corrected chi connectivity index (χ0v) is 20.1. The summed E-state index contributed by atoms with van der Waals surface area (Å²) in [7, 11) is 2.98. The molecule has 0 saturated carbocycles. The van der Waals surface area contributed by atoms with Crippen LogP contribution in [0.2, 0.25) is 0 Å². The van der Waals surface area contributed by atoms with Crippen LogP contribution >= 0.6 is 11.8 Å². The molecule has 0 saturated heterocycles. The van der Waals surface area contributed by atoms with Crippen molar-refractivity contribution in [1.82, 2.24) is 9.78 Å². The Labute approximate surface area is 195 Å². The van der Waals surface area contributed by atoms with Gasteiger partial charge in [-0.2, -0.15) is 5.10 Å². The summed E-state index contributed by atoms with van der Waals surface area (Å²) in [6.45, 7) is 7.53. The van der Waals surface area contributed by atoms with Gasteiger partial charge in [0.25, 0.3) is 5.69 Å². The largest absolute Gasteiger partial charge is 0.497 e. The maximum absolute atomic E-state index is 13.1. The molecule has 0 fully saturated rings. The third-order valence-corrected chi connectivity index (χ3v) is 5.89. The van der Waals surface area contributed by atoms with Crippen LogP contribution in [0.5, 0.6) is 17.4 Å². The number of para-hydroxylation sites is 1. The molecule has 33 heavy (non-hydrogen) atoms. The fourth-order valence-corrected chi connectivity index (χ4v) is 4.05. The van der Waals surface area contributed by atoms with Gasteiger partial charge in [-0.1, -0.05) is 23.9 Å². The molecule has 3 rings (SSSR count). The molecule has 0 amide bonds. The SMILES string of the molecule is COc1cc(OC)cc(C(=O)Oc2c(Sc3ccccc3[N+](=O)[O-])c(C)nn2C(C)(C)C)c1. The third-order valence-electron chi connectivity index (χ3n) is 4.65. The lowest BCUT2D eigenvalue weighted by molar-refractivity contribution is -0.387. The van der Waals surface area contributed by atoms with Gasteiger partial charge in [0.2, 0.25) is 5.88 Å². The van der Waals surface area contributed by atoms with Gasteiger partial charge in [-0.05, 0) is 45.9 Å². The van der Waals surface area contributed by atoms with Crippen molar-refractivity contribution in [2.24, 2.45) is 0 Å². The molecule has 3 aromatic rings. The molecule has 0 N–H and O–H groups in total. The number of aryl methyl sites for hydroxylation is 1. The summed E-state index contributed by atoms with van der Waals surface area (Å²) in [5.74, 6) is 0.449. The second kappa shape index (κ2) is 9.53. The van der Waals surface area contributed by atoms with E-state index in [0.717, 1.165) is 11.8 Å². The van der Waals surface area contributed by atoms with E-state index < -0.39 is 16.4 Å². The number of benzene rings is 2. The molecule has 9 nitrogen and oxygen atoms in total. The predicted octanol–water partition coefficient (Wildman–Crippen LogP) is 5.24. The van der Waals surface area contributed by atoms with E-state index in [1.165, 1.54) is 20.3 Å². The number of hydrogen-bond donors (Lipinski definition) is 0. The van der Waals surface area contributed by atoms with Gasteiger partial charge in [-0.3, -0.25) is 10.1 Å². The molecule has 0 aliphatic heterocycles. The molecule has 0 aliphatic carbocycles. The van der Waals surface area contributed by atoms with Crippen LogP contribution in [0.4, 0.5) is 5.69 Å². The van der Waals surface area contributed by atoms with E-state index in [0.29, 0.717) is 27.0 Å². The summed E-state index contributed by atoms with van der Waals surface area (Å²) in [6.07, 6.45) is 0. The number of carbonyl (C=O) groups is 1. The molecule has 174 valence electrons. The highest BCUT2D eigenvalue weighted by Crippen LogP contribution is 2.43. The Balaban J connectivity index is 2.08. The van der Waals surface area contributed by atoms with Gasteiger partial charge in [-0.15, -0.1) is 0 Å². The summed E-state index contributed by atoms with van der Waals surface area (Å²) in [5.41, 5.74) is 0.250. The van der Waals surface area contributed by atoms with E-state index in [-0.39, 0.29) is 17.1 Å². The summed E-state index contributed by atoms with van der Waals surface area (Å²) in [5, 5.41) is 16.1. The Morgan fingerprint density at radius 2 is 1.70 bits per heavy atom. The number of aromatic nitrogens is 2. The Hall–Kier alpha value is -3.53. The first-order chi connectivity index (χ1) is 15.5. The van der Waals surface area contributed by atoms with Crippen LogP contribution in [0.25, 0.3) is 0 Å². The second-order valence-electron chi connectivity index (χ2n) is 8.12. The quantitative estimate of drug-likeness (QED) is 0.262. The van der Waals surface area contributed by atoms with Gasteiger partial charge in [0.1, 0.15) is 11.5 Å². The highest BCUT2D eigenvalue weighted by atomic mass is 32.2. The first-order valence-corrected chi connectivity index (χ1v) is 10.8. The van der Waals surface area contributed by atoms with Gasteiger partial charge in [-0.25, -0.2) is 9.48 Å². The summed E-state index contributed by atoms with van der Waals surface area (Å²) in [4.78, 5) is 25.1. The molecule has 10 heteroatoms. The number of hydrogen-bond acceptors (Lipinski definition) is 8. The van der Waals surface area contributed by atoms with E-state index in [4.69, 9.17) is 14.2 Å². The number of methoxy groups -OCH3 is 2. The molecule has 0 bridgehead atoms. The van der Waals surface area contributed by atoms with Gasteiger partial charge in [0.15, 0.2) is 0 Å². The normalized spacial score (nSPS) is 11.2. The van der Waals surface area contributed by atoms with Crippen LogP contribution in [0.15, 0.2) is 52.3 Å². The zero-order chi connectivity index (χ0) is 24.3. The molecule has 0 atom stereocenters. The number of rotatable bonds is 7. The molecule has 0 aliphatic rings. The van der Waals surface area contributed by atoms with Crippen molar-refractivity contribution in [1.29, 1.82) is 0 Å². The fourth-order valence-electron chi connectivity index (χ4n) is 3.03. The Kier molecular flexibility index (Phi) is 6.97. The van der Waals surface area contributed by atoms with E-state index in [9.17, 15) is 14.9 Å². The van der Waals surface area contributed by atoms with Crippen LogP contribution in [0.3, 0.4) is 0 Å². The smallest absolute Gasteiger partial charge is 0.345 e. The predicted molar refractivity (Wildman–Crippen MR) is 124 cm³/mol. The summed E-state index contributed by atoms with van der Waals surface area (Å²) < 4.78 is 17.9.